The molecule has 24 heavy (non-hydrogen) atoms. The lowest BCUT2D eigenvalue weighted by molar-refractivity contribution is -0.132. The molecule has 0 bridgehead atoms. The summed E-state index contributed by atoms with van der Waals surface area (Å²) in [5.74, 6) is -0.145. The quantitative estimate of drug-likeness (QED) is 0.757. The average Bonchev–Trinajstić information content (AvgIpc) is 2.84. The van der Waals surface area contributed by atoms with Gasteiger partial charge in [-0.25, -0.2) is 9.67 Å². The van der Waals surface area contributed by atoms with Gasteiger partial charge in [-0.1, -0.05) is 18.9 Å². The number of nitrogens with zero attached hydrogens (tertiary/aromatic N) is 4. The third kappa shape index (κ3) is 5.45. The van der Waals surface area contributed by atoms with Gasteiger partial charge in [-0.15, -0.1) is 11.7 Å². The van der Waals surface area contributed by atoms with Gasteiger partial charge in [0.1, 0.15) is 19.0 Å². The molecule has 1 aromatic rings. The summed E-state index contributed by atoms with van der Waals surface area (Å²) in [7, 11) is 0. The number of ether oxygens (including phenoxy) is 1. The second kappa shape index (κ2) is 9.17. The summed E-state index contributed by atoms with van der Waals surface area (Å²) >= 11 is 0. The molecule has 1 saturated heterocycles. The number of hydrogen-bond donors (Lipinski definition) is 1. The van der Waals surface area contributed by atoms with Crippen LogP contribution in [0.3, 0.4) is 0 Å². The molecular formula is C16H25N5O3. The molecule has 1 aliphatic rings. The van der Waals surface area contributed by atoms with E-state index in [0.717, 1.165) is 25.9 Å². The Balaban J connectivity index is 1.84. The van der Waals surface area contributed by atoms with Gasteiger partial charge in [0.15, 0.2) is 0 Å². The second-order valence-electron chi connectivity index (χ2n) is 5.81. The molecule has 0 aliphatic carbocycles. The zero-order chi connectivity index (χ0) is 17.4. The van der Waals surface area contributed by atoms with Crippen LogP contribution in [-0.2, 0) is 20.9 Å². The van der Waals surface area contributed by atoms with Crippen molar-refractivity contribution in [1.82, 2.24) is 19.7 Å². The average molecular weight is 335 g/mol. The van der Waals surface area contributed by atoms with E-state index in [4.69, 9.17) is 4.74 Å². The standard InChI is InChI=1S/C16H25N5O3/c1-3-10-24-13(2)15(23)18-16-17-12-21(19-16)11-14(22)20-8-6-4-5-7-9-20/h3,12-13H,1,4-11H2,2H3,(H,18,19,23)/t13-/m0/s1. The molecule has 0 saturated carbocycles. The van der Waals surface area contributed by atoms with Crippen molar-refractivity contribution in [2.75, 3.05) is 25.0 Å². The van der Waals surface area contributed by atoms with Gasteiger partial charge in [-0.2, -0.15) is 0 Å². The number of aromatic nitrogens is 3. The summed E-state index contributed by atoms with van der Waals surface area (Å²) in [4.78, 5) is 30.1. The molecule has 0 spiro atoms. The smallest absolute Gasteiger partial charge is 0.255 e. The molecule has 0 aromatic carbocycles. The van der Waals surface area contributed by atoms with Crippen LogP contribution in [0.15, 0.2) is 19.0 Å². The minimum Gasteiger partial charge on any atom is -0.365 e. The van der Waals surface area contributed by atoms with E-state index in [0.29, 0.717) is 6.61 Å². The highest BCUT2D eigenvalue weighted by Crippen LogP contribution is 2.10. The Morgan fingerprint density at radius 3 is 2.75 bits per heavy atom. The highest BCUT2D eigenvalue weighted by Gasteiger charge is 2.18. The minimum absolute atomic E-state index is 0.0300. The molecule has 2 heterocycles. The lowest BCUT2D eigenvalue weighted by Gasteiger charge is -2.19. The fourth-order valence-electron chi connectivity index (χ4n) is 2.49. The van der Waals surface area contributed by atoms with Crippen LogP contribution >= 0.6 is 0 Å². The number of rotatable bonds is 7. The molecule has 1 fully saturated rings. The lowest BCUT2D eigenvalue weighted by atomic mass is 10.2. The van der Waals surface area contributed by atoms with E-state index in [9.17, 15) is 9.59 Å². The van der Waals surface area contributed by atoms with Gasteiger partial charge in [-0.3, -0.25) is 14.9 Å². The van der Waals surface area contributed by atoms with E-state index in [1.807, 2.05) is 4.90 Å². The van der Waals surface area contributed by atoms with Gasteiger partial charge < -0.3 is 9.64 Å². The Bertz CT molecular complexity index is 564. The monoisotopic (exact) mass is 335 g/mol. The predicted molar refractivity (Wildman–Crippen MR) is 89.3 cm³/mol. The van der Waals surface area contributed by atoms with Gasteiger partial charge in [0.25, 0.3) is 5.91 Å². The number of hydrogen-bond acceptors (Lipinski definition) is 5. The Morgan fingerprint density at radius 1 is 1.38 bits per heavy atom. The molecule has 1 aromatic heterocycles. The first-order chi connectivity index (χ1) is 11.6. The number of anilines is 1. The summed E-state index contributed by atoms with van der Waals surface area (Å²) in [5.41, 5.74) is 0. The third-order valence-electron chi connectivity index (χ3n) is 3.86. The molecule has 2 rings (SSSR count). The van der Waals surface area contributed by atoms with Crippen LogP contribution in [0.4, 0.5) is 5.95 Å². The van der Waals surface area contributed by atoms with E-state index < -0.39 is 6.10 Å². The number of amides is 2. The van der Waals surface area contributed by atoms with Crippen molar-refractivity contribution in [2.45, 2.75) is 45.3 Å². The van der Waals surface area contributed by atoms with Gasteiger partial charge in [0.2, 0.25) is 11.9 Å². The maximum absolute atomic E-state index is 12.3. The summed E-state index contributed by atoms with van der Waals surface area (Å²) in [5, 5.41) is 6.69. The molecule has 2 amide bonds. The molecule has 8 nitrogen and oxygen atoms in total. The lowest BCUT2D eigenvalue weighted by Crippen LogP contribution is -2.34. The molecule has 0 unspecified atom stereocenters. The van der Waals surface area contributed by atoms with Crippen molar-refractivity contribution in [1.29, 1.82) is 0 Å². The maximum Gasteiger partial charge on any atom is 0.255 e. The van der Waals surface area contributed by atoms with Crippen LogP contribution in [0, 0.1) is 0 Å². The highest BCUT2D eigenvalue weighted by atomic mass is 16.5. The number of carbonyl (C=O) groups is 2. The maximum atomic E-state index is 12.3. The second-order valence-corrected chi connectivity index (χ2v) is 5.81. The SMILES string of the molecule is C=CCO[C@@H](C)C(=O)Nc1ncn(CC(=O)N2CCCCCC2)n1. The molecule has 0 radical (unpaired) electrons. The van der Waals surface area contributed by atoms with E-state index >= 15 is 0 Å². The van der Waals surface area contributed by atoms with Gasteiger partial charge in [0.05, 0.1) is 6.61 Å². The summed E-state index contributed by atoms with van der Waals surface area (Å²) in [6.45, 7) is 7.19. The van der Waals surface area contributed by atoms with Crippen LogP contribution < -0.4 is 5.32 Å². The topological polar surface area (TPSA) is 89.3 Å². The van der Waals surface area contributed by atoms with Crippen molar-refractivity contribution in [3.05, 3.63) is 19.0 Å². The Hall–Kier alpha value is -2.22. The Morgan fingerprint density at radius 2 is 2.08 bits per heavy atom. The summed E-state index contributed by atoms with van der Waals surface area (Å²) < 4.78 is 6.68. The first-order valence-electron chi connectivity index (χ1n) is 8.30. The summed E-state index contributed by atoms with van der Waals surface area (Å²) in [6, 6.07) is 0. The van der Waals surface area contributed by atoms with Gasteiger partial charge in [0, 0.05) is 13.1 Å². The number of carbonyl (C=O) groups excluding carboxylic acids is 2. The zero-order valence-electron chi connectivity index (χ0n) is 14.1. The van der Waals surface area contributed by atoms with Gasteiger partial charge in [-0.05, 0) is 19.8 Å². The van der Waals surface area contributed by atoms with Crippen molar-refractivity contribution in [3.63, 3.8) is 0 Å². The van der Waals surface area contributed by atoms with Crippen molar-refractivity contribution in [3.8, 4) is 0 Å². The Kier molecular flexibility index (Phi) is 6.92. The van der Waals surface area contributed by atoms with E-state index in [2.05, 4.69) is 22.0 Å². The highest BCUT2D eigenvalue weighted by molar-refractivity contribution is 5.92. The van der Waals surface area contributed by atoms with Crippen LogP contribution in [0.1, 0.15) is 32.6 Å². The first-order valence-corrected chi connectivity index (χ1v) is 8.30. The van der Waals surface area contributed by atoms with Crippen LogP contribution in [0.25, 0.3) is 0 Å². The van der Waals surface area contributed by atoms with Crippen LogP contribution in [-0.4, -0.2) is 57.3 Å². The van der Waals surface area contributed by atoms with Crippen molar-refractivity contribution in [2.24, 2.45) is 0 Å². The van der Waals surface area contributed by atoms with E-state index in [1.54, 1.807) is 13.0 Å². The fraction of sp³-hybridized carbons (Fsp3) is 0.625. The van der Waals surface area contributed by atoms with E-state index in [1.165, 1.54) is 23.9 Å². The molecule has 1 aliphatic heterocycles. The number of likely N-dealkylation sites (tertiary alicyclic amines) is 1. The normalized spacial score (nSPS) is 16.3. The van der Waals surface area contributed by atoms with E-state index in [-0.39, 0.29) is 24.3 Å². The van der Waals surface area contributed by atoms with Crippen molar-refractivity contribution >= 4 is 17.8 Å². The Labute approximate surface area is 141 Å². The fourth-order valence-corrected chi connectivity index (χ4v) is 2.49. The molecule has 1 N–H and O–H groups in total. The third-order valence-corrected chi connectivity index (χ3v) is 3.86. The largest absolute Gasteiger partial charge is 0.365 e. The van der Waals surface area contributed by atoms with Crippen molar-refractivity contribution < 1.29 is 14.3 Å². The molecular weight excluding hydrogens is 310 g/mol. The minimum atomic E-state index is -0.631. The van der Waals surface area contributed by atoms with Crippen LogP contribution in [0.5, 0.6) is 0 Å². The first kappa shape index (κ1) is 18.1. The zero-order valence-corrected chi connectivity index (χ0v) is 14.1. The summed E-state index contributed by atoms with van der Waals surface area (Å²) in [6.07, 6.45) is 6.84. The number of nitrogens with one attached hydrogen (secondary N) is 1. The molecule has 8 heteroatoms. The molecule has 1 atom stereocenters. The van der Waals surface area contributed by atoms with Gasteiger partial charge >= 0.3 is 0 Å². The molecule has 132 valence electrons. The van der Waals surface area contributed by atoms with Crippen LogP contribution in [0.2, 0.25) is 0 Å². The predicted octanol–water partition coefficient (Wildman–Crippen LogP) is 1.21.